The Bertz CT molecular complexity index is 1070. The molecular formula is C25H22IrN-. The van der Waals surface area contributed by atoms with Crippen molar-refractivity contribution in [3.63, 3.8) is 0 Å². The molecule has 1 aromatic heterocycles. The van der Waals surface area contributed by atoms with E-state index in [2.05, 4.69) is 68.6 Å². The van der Waals surface area contributed by atoms with Crippen LogP contribution in [0.1, 0.15) is 67.2 Å². The SMILES string of the molecule is CC1(C)c2ccccc2-c2c[c-]c(-c3cc4c(cn3)C3CCC4C3)cc21.[Ir]. The molecule has 3 aromatic rings. The zero-order valence-corrected chi connectivity index (χ0v) is 18.1. The molecule has 1 nitrogen and oxygen atoms in total. The average molecular weight is 529 g/mol. The van der Waals surface area contributed by atoms with Crippen LogP contribution >= 0.6 is 0 Å². The first kappa shape index (κ1) is 17.3. The molecule has 1 fully saturated rings. The third-order valence-corrected chi connectivity index (χ3v) is 7.07. The van der Waals surface area contributed by atoms with Gasteiger partial charge in [-0.1, -0.05) is 55.3 Å². The van der Waals surface area contributed by atoms with Gasteiger partial charge in [0.2, 0.25) is 0 Å². The molecule has 2 unspecified atom stereocenters. The summed E-state index contributed by atoms with van der Waals surface area (Å²) in [4.78, 5) is 4.83. The second kappa shape index (κ2) is 5.87. The van der Waals surface area contributed by atoms with Crippen molar-refractivity contribution >= 4 is 0 Å². The first-order chi connectivity index (χ1) is 12.6. The summed E-state index contributed by atoms with van der Waals surface area (Å²) in [6, 6.07) is 19.2. The van der Waals surface area contributed by atoms with Crippen LogP contribution in [-0.4, -0.2) is 4.98 Å². The van der Waals surface area contributed by atoms with E-state index in [1.165, 1.54) is 47.1 Å². The van der Waals surface area contributed by atoms with Crippen LogP contribution in [0.25, 0.3) is 22.4 Å². The van der Waals surface area contributed by atoms with Crippen LogP contribution < -0.4 is 0 Å². The molecule has 27 heavy (non-hydrogen) atoms. The average Bonchev–Trinajstić information content (AvgIpc) is 3.34. The van der Waals surface area contributed by atoms with E-state index in [-0.39, 0.29) is 25.5 Å². The number of hydrogen-bond acceptors (Lipinski definition) is 1. The van der Waals surface area contributed by atoms with Gasteiger partial charge in [0.15, 0.2) is 0 Å². The number of rotatable bonds is 1. The van der Waals surface area contributed by atoms with Gasteiger partial charge in [-0.3, -0.25) is 0 Å². The molecule has 0 N–H and O–H groups in total. The zero-order chi connectivity index (χ0) is 17.5. The fourth-order valence-corrected chi connectivity index (χ4v) is 5.66. The summed E-state index contributed by atoms with van der Waals surface area (Å²) in [6.45, 7) is 4.66. The fraction of sp³-hybridized carbons (Fsp3) is 0.320. The Morgan fingerprint density at radius 1 is 0.963 bits per heavy atom. The Morgan fingerprint density at radius 3 is 2.59 bits per heavy atom. The molecular weight excluding hydrogens is 506 g/mol. The van der Waals surface area contributed by atoms with Gasteiger partial charge in [0.05, 0.1) is 0 Å². The fourth-order valence-electron chi connectivity index (χ4n) is 5.66. The van der Waals surface area contributed by atoms with E-state index in [0.29, 0.717) is 0 Å². The summed E-state index contributed by atoms with van der Waals surface area (Å²) >= 11 is 0. The van der Waals surface area contributed by atoms with Crippen LogP contribution in [0.15, 0.2) is 48.7 Å². The van der Waals surface area contributed by atoms with E-state index >= 15 is 0 Å². The molecule has 1 radical (unpaired) electrons. The Morgan fingerprint density at radius 2 is 1.74 bits per heavy atom. The molecule has 137 valence electrons. The maximum Gasteiger partial charge on any atom is 0.0198 e. The van der Waals surface area contributed by atoms with Gasteiger partial charge < -0.3 is 4.98 Å². The van der Waals surface area contributed by atoms with Crippen LogP contribution in [0.4, 0.5) is 0 Å². The van der Waals surface area contributed by atoms with Gasteiger partial charge in [-0.2, -0.15) is 0 Å². The normalized spacial score (nSPS) is 22.7. The Hall–Kier alpha value is -1.76. The van der Waals surface area contributed by atoms with Crippen molar-refractivity contribution in [1.29, 1.82) is 0 Å². The van der Waals surface area contributed by atoms with Crippen LogP contribution in [0.5, 0.6) is 0 Å². The van der Waals surface area contributed by atoms with E-state index in [9.17, 15) is 0 Å². The largest absolute Gasteiger partial charge is 0.304 e. The van der Waals surface area contributed by atoms with Gasteiger partial charge in [0.1, 0.15) is 0 Å². The van der Waals surface area contributed by atoms with Crippen molar-refractivity contribution in [1.82, 2.24) is 4.98 Å². The Labute approximate surface area is 174 Å². The standard InChI is InChI=1S/C25H22N.Ir/c1-25(2)22-6-4-3-5-18(22)19-10-9-17(12-23(19)25)24-13-20-15-7-8-16(11-15)21(20)14-26-24;/h3-6,10,12-16H,7-8,11H2,1-2H3;/q-1;. The third-order valence-electron chi connectivity index (χ3n) is 7.07. The number of benzene rings is 2. The minimum absolute atomic E-state index is 0. The maximum absolute atomic E-state index is 4.83. The smallest absolute Gasteiger partial charge is 0.0198 e. The number of pyridine rings is 1. The third kappa shape index (κ3) is 2.30. The van der Waals surface area contributed by atoms with E-state index in [1.54, 1.807) is 5.56 Å². The van der Waals surface area contributed by atoms with Gasteiger partial charge in [0, 0.05) is 26.3 Å². The molecule has 2 bridgehead atoms. The summed E-state index contributed by atoms with van der Waals surface area (Å²) in [5, 5.41) is 0. The number of aromatic nitrogens is 1. The van der Waals surface area contributed by atoms with Crippen LogP contribution in [0.3, 0.4) is 0 Å². The molecule has 1 heterocycles. The summed E-state index contributed by atoms with van der Waals surface area (Å²) in [7, 11) is 0. The predicted molar refractivity (Wildman–Crippen MR) is 105 cm³/mol. The minimum atomic E-state index is 0. The molecule has 2 heteroatoms. The van der Waals surface area contributed by atoms with E-state index in [0.717, 1.165) is 23.1 Å². The molecule has 2 aromatic carbocycles. The Balaban J connectivity index is 0.00000160. The van der Waals surface area contributed by atoms with Crippen molar-refractivity contribution in [2.45, 2.75) is 50.4 Å². The molecule has 1 saturated carbocycles. The van der Waals surface area contributed by atoms with Crippen molar-refractivity contribution < 1.29 is 20.1 Å². The summed E-state index contributed by atoms with van der Waals surface area (Å²) < 4.78 is 0. The monoisotopic (exact) mass is 529 g/mol. The van der Waals surface area contributed by atoms with Crippen molar-refractivity contribution in [3.05, 3.63) is 77.0 Å². The number of hydrogen-bond donors (Lipinski definition) is 0. The molecule has 0 spiro atoms. The molecule has 2 atom stereocenters. The first-order valence-corrected chi connectivity index (χ1v) is 9.79. The molecule has 0 aliphatic heterocycles. The van der Waals surface area contributed by atoms with Crippen LogP contribution in [-0.2, 0) is 25.5 Å². The summed E-state index contributed by atoms with van der Waals surface area (Å²) in [5.41, 5.74) is 10.8. The van der Waals surface area contributed by atoms with Gasteiger partial charge in [-0.25, -0.2) is 0 Å². The first-order valence-electron chi connectivity index (χ1n) is 9.79. The second-order valence-electron chi connectivity index (χ2n) is 8.75. The van der Waals surface area contributed by atoms with Crippen LogP contribution in [0, 0.1) is 6.07 Å². The van der Waals surface area contributed by atoms with Crippen molar-refractivity contribution in [2.24, 2.45) is 0 Å². The topological polar surface area (TPSA) is 12.9 Å². The van der Waals surface area contributed by atoms with Gasteiger partial charge in [-0.15, -0.1) is 29.3 Å². The van der Waals surface area contributed by atoms with Crippen molar-refractivity contribution in [3.8, 4) is 22.4 Å². The summed E-state index contributed by atoms with van der Waals surface area (Å²) in [6.07, 6.45) is 6.21. The maximum atomic E-state index is 4.83. The minimum Gasteiger partial charge on any atom is -0.304 e. The predicted octanol–water partition coefficient (Wildman–Crippen LogP) is 6.22. The number of nitrogens with zero attached hydrogens (tertiary/aromatic N) is 1. The molecule has 3 aliphatic rings. The van der Waals surface area contributed by atoms with Gasteiger partial charge in [-0.05, 0) is 58.9 Å². The molecule has 3 aliphatic carbocycles. The van der Waals surface area contributed by atoms with E-state index < -0.39 is 0 Å². The molecule has 0 saturated heterocycles. The van der Waals surface area contributed by atoms with Gasteiger partial charge >= 0.3 is 0 Å². The molecule has 6 rings (SSSR count). The zero-order valence-electron chi connectivity index (χ0n) is 15.7. The Kier molecular flexibility index (Phi) is 3.77. The quantitative estimate of drug-likeness (QED) is 0.342. The van der Waals surface area contributed by atoms with Crippen LogP contribution in [0.2, 0.25) is 0 Å². The molecule has 0 amide bonds. The second-order valence-corrected chi connectivity index (χ2v) is 8.75. The van der Waals surface area contributed by atoms with Crippen molar-refractivity contribution in [2.75, 3.05) is 0 Å². The van der Waals surface area contributed by atoms with E-state index in [1.807, 2.05) is 0 Å². The van der Waals surface area contributed by atoms with E-state index in [4.69, 9.17) is 4.98 Å². The summed E-state index contributed by atoms with van der Waals surface area (Å²) in [5.74, 6) is 1.54. The van der Waals surface area contributed by atoms with Gasteiger partial charge in [0.25, 0.3) is 0 Å². The number of fused-ring (bicyclic) bond motifs is 8.